The van der Waals surface area contributed by atoms with Crippen LogP contribution in [-0.4, -0.2) is 4.92 Å². The molecule has 2 aromatic rings. The second-order valence-electron chi connectivity index (χ2n) is 5.02. The molecule has 3 rings (SSSR count). The molecule has 1 aliphatic heterocycles. The van der Waals surface area contributed by atoms with E-state index in [1.165, 1.54) is 23.3 Å². The van der Waals surface area contributed by atoms with E-state index in [-0.39, 0.29) is 22.8 Å². The van der Waals surface area contributed by atoms with E-state index in [1.807, 2.05) is 19.1 Å². The van der Waals surface area contributed by atoms with E-state index >= 15 is 0 Å². The maximum absolute atomic E-state index is 10.7. The summed E-state index contributed by atoms with van der Waals surface area (Å²) in [7, 11) is 0. The number of nitro groups is 1. The molecule has 0 saturated carbocycles. The molecule has 0 aromatic heterocycles. The van der Waals surface area contributed by atoms with Crippen LogP contribution in [0.3, 0.4) is 0 Å². The summed E-state index contributed by atoms with van der Waals surface area (Å²) >= 11 is 0. The third kappa shape index (κ3) is 2.30. The average molecular weight is 269 g/mol. The molecule has 0 amide bonds. The van der Waals surface area contributed by atoms with Crippen LogP contribution in [0.25, 0.3) is 0 Å². The molecule has 0 aliphatic carbocycles. The van der Waals surface area contributed by atoms with Crippen molar-refractivity contribution in [2.24, 2.45) is 0 Å². The quantitative estimate of drug-likeness (QED) is 0.612. The Labute approximate surface area is 117 Å². The van der Waals surface area contributed by atoms with Crippen molar-refractivity contribution < 1.29 is 9.66 Å². The van der Waals surface area contributed by atoms with E-state index in [0.29, 0.717) is 0 Å². The topological polar surface area (TPSA) is 52.4 Å². The molecule has 20 heavy (non-hydrogen) atoms. The Balaban J connectivity index is 1.88. The number of rotatable bonds is 2. The van der Waals surface area contributed by atoms with Crippen LogP contribution in [0.5, 0.6) is 0 Å². The molecule has 1 heterocycles. The van der Waals surface area contributed by atoms with Crippen LogP contribution in [-0.2, 0) is 11.2 Å². The lowest BCUT2D eigenvalue weighted by Gasteiger charge is -2.30. The lowest BCUT2D eigenvalue weighted by Crippen LogP contribution is -2.18. The largest absolute Gasteiger partial charge is 0.366 e. The summed E-state index contributed by atoms with van der Waals surface area (Å²) in [6, 6.07) is 14.9. The standard InChI is InChI=1S/C16H15NO3/c1-11-15-5-3-2-4-13(15)10-16(20-11)12-6-8-14(9-7-12)17(18)19/h2-9,11,16H,10H2,1H3/t11-,16+/m0/s1. The fraction of sp³-hybridized carbons (Fsp3) is 0.250. The Hall–Kier alpha value is -2.20. The smallest absolute Gasteiger partial charge is 0.269 e. The molecule has 2 aromatic carbocycles. The van der Waals surface area contributed by atoms with Crippen LogP contribution in [0.15, 0.2) is 48.5 Å². The van der Waals surface area contributed by atoms with Crippen molar-refractivity contribution in [3.05, 3.63) is 75.3 Å². The first-order chi connectivity index (χ1) is 9.65. The zero-order valence-corrected chi connectivity index (χ0v) is 11.2. The van der Waals surface area contributed by atoms with Crippen LogP contribution < -0.4 is 0 Å². The first kappa shape index (κ1) is 12.8. The fourth-order valence-corrected chi connectivity index (χ4v) is 2.69. The van der Waals surface area contributed by atoms with E-state index in [1.54, 1.807) is 12.1 Å². The normalized spacial score (nSPS) is 21.2. The predicted octanol–water partition coefficient (Wildman–Crippen LogP) is 3.97. The van der Waals surface area contributed by atoms with Crippen LogP contribution in [0.1, 0.15) is 35.8 Å². The number of ether oxygens (including phenoxy) is 1. The summed E-state index contributed by atoms with van der Waals surface area (Å²) in [6.45, 7) is 2.04. The van der Waals surface area contributed by atoms with E-state index in [4.69, 9.17) is 4.74 Å². The van der Waals surface area contributed by atoms with E-state index < -0.39 is 0 Å². The van der Waals surface area contributed by atoms with Crippen molar-refractivity contribution in [3.8, 4) is 0 Å². The highest BCUT2D eigenvalue weighted by molar-refractivity contribution is 5.37. The number of nitro benzene ring substituents is 1. The van der Waals surface area contributed by atoms with Gasteiger partial charge in [-0.15, -0.1) is 0 Å². The second kappa shape index (κ2) is 5.06. The summed E-state index contributed by atoms with van der Waals surface area (Å²) in [4.78, 5) is 10.3. The van der Waals surface area contributed by atoms with Crippen molar-refractivity contribution >= 4 is 5.69 Å². The van der Waals surface area contributed by atoms with Gasteiger partial charge in [0.05, 0.1) is 17.1 Å². The molecular formula is C16H15NO3. The van der Waals surface area contributed by atoms with E-state index in [2.05, 4.69) is 12.1 Å². The molecule has 2 atom stereocenters. The number of hydrogen-bond donors (Lipinski definition) is 0. The van der Waals surface area contributed by atoms with E-state index in [0.717, 1.165) is 12.0 Å². The zero-order valence-electron chi connectivity index (χ0n) is 11.2. The molecule has 0 bridgehead atoms. The molecule has 102 valence electrons. The van der Waals surface area contributed by atoms with Gasteiger partial charge in [0.1, 0.15) is 0 Å². The second-order valence-corrected chi connectivity index (χ2v) is 5.02. The number of nitrogens with zero attached hydrogens (tertiary/aromatic N) is 1. The Kier molecular flexibility index (Phi) is 3.24. The van der Waals surface area contributed by atoms with E-state index in [9.17, 15) is 10.1 Å². The summed E-state index contributed by atoms with van der Waals surface area (Å²) < 4.78 is 6.03. The molecule has 4 heteroatoms. The van der Waals surface area contributed by atoms with Crippen molar-refractivity contribution in [1.29, 1.82) is 0 Å². The minimum atomic E-state index is -0.385. The third-order valence-corrected chi connectivity index (χ3v) is 3.74. The van der Waals surface area contributed by atoms with Gasteiger partial charge in [0, 0.05) is 18.6 Å². The summed E-state index contributed by atoms with van der Waals surface area (Å²) in [5.74, 6) is 0. The van der Waals surface area contributed by atoms with Gasteiger partial charge in [-0.3, -0.25) is 10.1 Å². The van der Waals surface area contributed by atoms with Crippen molar-refractivity contribution in [2.75, 3.05) is 0 Å². The van der Waals surface area contributed by atoms with Gasteiger partial charge >= 0.3 is 0 Å². The maximum Gasteiger partial charge on any atom is 0.269 e. The maximum atomic E-state index is 10.7. The van der Waals surface area contributed by atoms with Gasteiger partial charge in [0.15, 0.2) is 0 Å². The molecule has 0 saturated heterocycles. The number of hydrogen-bond acceptors (Lipinski definition) is 3. The molecule has 0 spiro atoms. The van der Waals surface area contributed by atoms with Crippen molar-refractivity contribution in [3.63, 3.8) is 0 Å². The minimum Gasteiger partial charge on any atom is -0.366 e. The fourth-order valence-electron chi connectivity index (χ4n) is 2.69. The summed E-state index contributed by atoms with van der Waals surface area (Å²) in [5.41, 5.74) is 3.61. The Bertz CT molecular complexity index is 636. The van der Waals surface area contributed by atoms with Crippen LogP contribution >= 0.6 is 0 Å². The number of fused-ring (bicyclic) bond motifs is 1. The molecule has 0 fully saturated rings. The lowest BCUT2D eigenvalue weighted by molar-refractivity contribution is -0.384. The first-order valence-electron chi connectivity index (χ1n) is 6.63. The van der Waals surface area contributed by atoms with Gasteiger partial charge in [-0.1, -0.05) is 24.3 Å². The molecular weight excluding hydrogens is 254 g/mol. The Morgan fingerprint density at radius 2 is 1.85 bits per heavy atom. The number of non-ortho nitro benzene ring substituents is 1. The highest BCUT2D eigenvalue weighted by Gasteiger charge is 2.25. The van der Waals surface area contributed by atoms with Gasteiger partial charge < -0.3 is 4.74 Å². The van der Waals surface area contributed by atoms with Crippen molar-refractivity contribution in [2.45, 2.75) is 25.6 Å². The van der Waals surface area contributed by atoms with Gasteiger partial charge in [-0.2, -0.15) is 0 Å². The monoisotopic (exact) mass is 269 g/mol. The third-order valence-electron chi connectivity index (χ3n) is 3.74. The average Bonchev–Trinajstić information content (AvgIpc) is 2.47. The summed E-state index contributed by atoms with van der Waals surface area (Å²) in [5, 5.41) is 10.7. The summed E-state index contributed by atoms with van der Waals surface area (Å²) in [6.07, 6.45) is 0.805. The molecule has 1 aliphatic rings. The highest BCUT2D eigenvalue weighted by Crippen LogP contribution is 2.37. The number of benzene rings is 2. The first-order valence-corrected chi connectivity index (χ1v) is 6.63. The van der Waals surface area contributed by atoms with Crippen LogP contribution in [0, 0.1) is 10.1 Å². The molecule has 0 N–H and O–H groups in total. The van der Waals surface area contributed by atoms with Crippen LogP contribution in [0.4, 0.5) is 5.69 Å². The highest BCUT2D eigenvalue weighted by atomic mass is 16.6. The van der Waals surface area contributed by atoms with Gasteiger partial charge in [0.2, 0.25) is 0 Å². The molecule has 4 nitrogen and oxygen atoms in total. The Morgan fingerprint density at radius 1 is 1.15 bits per heavy atom. The van der Waals surface area contributed by atoms with Crippen molar-refractivity contribution in [1.82, 2.24) is 0 Å². The Morgan fingerprint density at radius 3 is 2.55 bits per heavy atom. The minimum absolute atomic E-state index is 0.0410. The predicted molar refractivity (Wildman–Crippen MR) is 75.5 cm³/mol. The lowest BCUT2D eigenvalue weighted by atomic mass is 9.92. The molecule has 0 unspecified atom stereocenters. The van der Waals surface area contributed by atoms with Gasteiger partial charge in [-0.05, 0) is 35.7 Å². The van der Waals surface area contributed by atoms with Gasteiger partial charge in [-0.25, -0.2) is 0 Å². The van der Waals surface area contributed by atoms with Gasteiger partial charge in [0.25, 0.3) is 5.69 Å². The SMILES string of the molecule is C[C@@H]1O[C@@H](c2ccc([N+](=O)[O-])cc2)Cc2ccccc21. The zero-order chi connectivity index (χ0) is 14.1. The molecule has 0 radical (unpaired) electrons. The van der Waals surface area contributed by atoms with Crippen LogP contribution in [0.2, 0.25) is 0 Å².